The normalized spacial score (nSPS) is 14.1. The molecule has 0 bridgehead atoms. The summed E-state index contributed by atoms with van der Waals surface area (Å²) in [6.45, 7) is 6.85. The van der Waals surface area contributed by atoms with Crippen molar-refractivity contribution in [3.8, 4) is 5.75 Å². The fraction of sp³-hybridized carbons (Fsp3) is 0.364. The molecule has 0 aromatic heterocycles. The van der Waals surface area contributed by atoms with Crippen molar-refractivity contribution in [3.05, 3.63) is 65.2 Å². The summed E-state index contributed by atoms with van der Waals surface area (Å²) < 4.78 is 5.62. The molecule has 0 saturated carbocycles. The second-order valence-electron chi connectivity index (χ2n) is 6.83. The van der Waals surface area contributed by atoms with Crippen molar-refractivity contribution < 1.29 is 14.3 Å². The molecule has 0 atom stereocenters. The minimum atomic E-state index is -0.0145. The van der Waals surface area contributed by atoms with Crippen molar-refractivity contribution in [3.63, 3.8) is 0 Å². The molecule has 2 aromatic rings. The highest BCUT2D eigenvalue weighted by molar-refractivity contribution is 5.96. The van der Waals surface area contributed by atoms with Gasteiger partial charge < -0.3 is 14.5 Å². The number of aryl methyl sites for hydroxylation is 1. The molecule has 0 N–H and O–H groups in total. The molecule has 0 spiro atoms. The molecular weight excluding hydrogens is 340 g/mol. The Morgan fingerprint density at radius 3 is 2.07 bits per heavy atom. The summed E-state index contributed by atoms with van der Waals surface area (Å²) in [5.41, 5.74) is 2.45. The van der Waals surface area contributed by atoms with Gasteiger partial charge in [-0.15, -0.1) is 0 Å². The predicted molar refractivity (Wildman–Crippen MR) is 105 cm³/mol. The van der Waals surface area contributed by atoms with Gasteiger partial charge in [-0.1, -0.05) is 30.7 Å². The first-order chi connectivity index (χ1) is 13.1. The highest BCUT2D eigenvalue weighted by Crippen LogP contribution is 2.17. The molecule has 142 valence electrons. The van der Waals surface area contributed by atoms with E-state index in [0.717, 1.165) is 17.7 Å². The summed E-state index contributed by atoms with van der Waals surface area (Å²) in [4.78, 5) is 29.0. The zero-order chi connectivity index (χ0) is 19.2. The minimum Gasteiger partial charge on any atom is -0.494 e. The molecule has 1 heterocycles. The molecule has 2 aromatic carbocycles. The topological polar surface area (TPSA) is 49.9 Å². The van der Waals surface area contributed by atoms with Crippen LogP contribution in [0.1, 0.15) is 39.6 Å². The largest absolute Gasteiger partial charge is 0.494 e. The summed E-state index contributed by atoms with van der Waals surface area (Å²) in [6, 6.07) is 14.9. The molecule has 5 nitrogen and oxygen atoms in total. The first kappa shape index (κ1) is 19.0. The quantitative estimate of drug-likeness (QED) is 0.815. The Bertz CT molecular complexity index is 793. The maximum Gasteiger partial charge on any atom is 0.254 e. The lowest BCUT2D eigenvalue weighted by Gasteiger charge is -2.35. The standard InChI is InChI=1S/C22H26N2O3/c1-3-15-27-20-6-4-5-19(16-20)22(26)24-13-11-23(12-14-24)21(25)18-9-7-17(2)8-10-18/h4-10,16H,3,11-15H2,1-2H3. The summed E-state index contributed by atoms with van der Waals surface area (Å²) in [7, 11) is 0. The predicted octanol–water partition coefficient (Wildman–Crippen LogP) is 3.38. The monoisotopic (exact) mass is 366 g/mol. The molecule has 3 rings (SSSR count). The lowest BCUT2D eigenvalue weighted by molar-refractivity contribution is 0.0535. The molecule has 1 saturated heterocycles. The Labute approximate surface area is 160 Å². The van der Waals surface area contributed by atoms with E-state index in [4.69, 9.17) is 4.74 Å². The summed E-state index contributed by atoms with van der Waals surface area (Å²) >= 11 is 0. The van der Waals surface area contributed by atoms with E-state index in [2.05, 4.69) is 0 Å². The Kier molecular flexibility index (Phi) is 6.12. The highest BCUT2D eigenvalue weighted by atomic mass is 16.5. The van der Waals surface area contributed by atoms with Crippen LogP contribution < -0.4 is 4.74 Å². The SMILES string of the molecule is CCCOc1cccc(C(=O)N2CCN(C(=O)c3ccc(C)cc3)CC2)c1. The van der Waals surface area contributed by atoms with Crippen molar-refractivity contribution in [1.82, 2.24) is 9.80 Å². The smallest absolute Gasteiger partial charge is 0.254 e. The molecule has 1 aliphatic rings. The van der Waals surface area contributed by atoms with Gasteiger partial charge in [-0.3, -0.25) is 9.59 Å². The third kappa shape index (κ3) is 4.67. The Balaban J connectivity index is 1.59. The van der Waals surface area contributed by atoms with Crippen molar-refractivity contribution in [2.75, 3.05) is 32.8 Å². The second kappa shape index (κ2) is 8.71. The number of hydrogen-bond acceptors (Lipinski definition) is 3. The zero-order valence-electron chi connectivity index (χ0n) is 16.0. The summed E-state index contributed by atoms with van der Waals surface area (Å²) in [5.74, 6) is 0.729. The van der Waals surface area contributed by atoms with E-state index in [1.54, 1.807) is 11.0 Å². The first-order valence-electron chi connectivity index (χ1n) is 9.46. The van der Waals surface area contributed by atoms with Crippen molar-refractivity contribution >= 4 is 11.8 Å². The van der Waals surface area contributed by atoms with Gasteiger partial charge in [0.05, 0.1) is 6.61 Å². The van der Waals surface area contributed by atoms with E-state index in [-0.39, 0.29) is 11.8 Å². The van der Waals surface area contributed by atoms with Crippen molar-refractivity contribution in [2.45, 2.75) is 20.3 Å². The lowest BCUT2D eigenvalue weighted by atomic mass is 10.1. The molecule has 0 unspecified atom stereocenters. The fourth-order valence-electron chi connectivity index (χ4n) is 3.11. The van der Waals surface area contributed by atoms with Crippen LogP contribution in [0, 0.1) is 6.92 Å². The first-order valence-corrected chi connectivity index (χ1v) is 9.46. The van der Waals surface area contributed by atoms with E-state index in [1.807, 2.05) is 61.2 Å². The number of carbonyl (C=O) groups excluding carboxylic acids is 2. The van der Waals surface area contributed by atoms with E-state index in [9.17, 15) is 9.59 Å². The average Bonchev–Trinajstić information content (AvgIpc) is 2.72. The lowest BCUT2D eigenvalue weighted by Crippen LogP contribution is -2.50. The van der Waals surface area contributed by atoms with Crippen LogP contribution in [0.25, 0.3) is 0 Å². The van der Waals surface area contributed by atoms with Crippen LogP contribution in [0.2, 0.25) is 0 Å². The third-order valence-electron chi connectivity index (χ3n) is 4.71. The molecule has 5 heteroatoms. The van der Waals surface area contributed by atoms with Crippen LogP contribution in [0.15, 0.2) is 48.5 Å². The van der Waals surface area contributed by atoms with Gasteiger partial charge in [0.2, 0.25) is 0 Å². The van der Waals surface area contributed by atoms with Crippen LogP contribution in [-0.2, 0) is 0 Å². The van der Waals surface area contributed by atoms with Gasteiger partial charge >= 0.3 is 0 Å². The average molecular weight is 366 g/mol. The van der Waals surface area contributed by atoms with Gasteiger partial charge in [-0.05, 0) is 43.7 Å². The minimum absolute atomic E-state index is 0.0145. The van der Waals surface area contributed by atoms with Crippen LogP contribution in [-0.4, -0.2) is 54.4 Å². The number of nitrogens with zero attached hydrogens (tertiary/aromatic N) is 2. The maximum atomic E-state index is 12.8. The third-order valence-corrected chi connectivity index (χ3v) is 4.71. The highest BCUT2D eigenvalue weighted by Gasteiger charge is 2.25. The fourth-order valence-corrected chi connectivity index (χ4v) is 3.11. The summed E-state index contributed by atoms with van der Waals surface area (Å²) in [5, 5.41) is 0. The molecular formula is C22H26N2O3. The Morgan fingerprint density at radius 2 is 1.48 bits per heavy atom. The Morgan fingerprint density at radius 1 is 0.889 bits per heavy atom. The number of ether oxygens (including phenoxy) is 1. The van der Waals surface area contributed by atoms with E-state index < -0.39 is 0 Å². The van der Waals surface area contributed by atoms with Crippen LogP contribution in [0.4, 0.5) is 0 Å². The molecule has 1 fully saturated rings. The van der Waals surface area contributed by atoms with Gasteiger partial charge in [0.25, 0.3) is 11.8 Å². The number of hydrogen-bond donors (Lipinski definition) is 0. The van der Waals surface area contributed by atoms with Gasteiger partial charge in [0, 0.05) is 37.3 Å². The zero-order valence-corrected chi connectivity index (χ0v) is 16.0. The molecule has 27 heavy (non-hydrogen) atoms. The molecule has 2 amide bonds. The number of piperazine rings is 1. The molecule has 0 radical (unpaired) electrons. The number of benzene rings is 2. The number of carbonyl (C=O) groups is 2. The summed E-state index contributed by atoms with van der Waals surface area (Å²) in [6.07, 6.45) is 0.926. The maximum absolute atomic E-state index is 12.8. The van der Waals surface area contributed by atoms with E-state index in [1.165, 1.54) is 0 Å². The number of amides is 2. The Hall–Kier alpha value is -2.82. The number of rotatable bonds is 5. The van der Waals surface area contributed by atoms with Gasteiger partial charge in [-0.25, -0.2) is 0 Å². The van der Waals surface area contributed by atoms with Crippen molar-refractivity contribution in [1.29, 1.82) is 0 Å². The van der Waals surface area contributed by atoms with Gasteiger partial charge in [0.1, 0.15) is 5.75 Å². The van der Waals surface area contributed by atoms with Crippen LogP contribution in [0.5, 0.6) is 5.75 Å². The van der Waals surface area contributed by atoms with Crippen LogP contribution in [0.3, 0.4) is 0 Å². The van der Waals surface area contributed by atoms with E-state index >= 15 is 0 Å². The van der Waals surface area contributed by atoms with Crippen LogP contribution >= 0.6 is 0 Å². The molecule has 0 aliphatic carbocycles. The van der Waals surface area contributed by atoms with Gasteiger partial charge in [-0.2, -0.15) is 0 Å². The second-order valence-corrected chi connectivity index (χ2v) is 6.83. The van der Waals surface area contributed by atoms with Gasteiger partial charge in [0.15, 0.2) is 0 Å². The van der Waals surface area contributed by atoms with Crippen molar-refractivity contribution in [2.24, 2.45) is 0 Å². The molecule has 1 aliphatic heterocycles. The van der Waals surface area contributed by atoms with E-state index in [0.29, 0.717) is 43.9 Å².